The fraction of sp³-hybridized carbons (Fsp3) is 0.875. The number of alkyl halides is 1. The molecule has 6 nitrogen and oxygen atoms in total. The van der Waals surface area contributed by atoms with Gasteiger partial charge in [-0.3, -0.25) is 9.36 Å². The van der Waals surface area contributed by atoms with E-state index in [0.29, 0.717) is 0 Å². The second kappa shape index (κ2) is 5.47. The van der Waals surface area contributed by atoms with Crippen molar-refractivity contribution in [2.75, 3.05) is 28.3 Å². The van der Waals surface area contributed by atoms with E-state index in [1.807, 2.05) is 0 Å². The van der Waals surface area contributed by atoms with E-state index in [9.17, 15) is 14.5 Å². The molecule has 0 aromatic rings. The summed E-state index contributed by atoms with van der Waals surface area (Å²) in [5.41, 5.74) is 0. The van der Waals surface area contributed by atoms with Crippen LogP contribution in [0.2, 0.25) is 0 Å². The second-order valence-corrected chi connectivity index (χ2v) is 6.62. The Morgan fingerprint density at radius 1 is 1.44 bits per heavy atom. The molecule has 0 aromatic carbocycles. The van der Waals surface area contributed by atoms with E-state index in [-0.39, 0.29) is 0 Å². The average Bonchev–Trinajstić information content (AvgIpc) is 2.25. The first-order valence-corrected chi connectivity index (χ1v) is 6.41. The molecular formula is C8H17ClNO5P. The third kappa shape index (κ3) is 2.76. The highest BCUT2D eigenvalue weighted by atomic mass is 35.5. The maximum absolute atomic E-state index is 12.0. The maximum Gasteiger partial charge on any atom is 0.363 e. The molecule has 0 heterocycles. The van der Waals surface area contributed by atoms with E-state index in [4.69, 9.17) is 11.6 Å². The molecule has 2 atom stereocenters. The summed E-state index contributed by atoms with van der Waals surface area (Å²) in [6.07, 6.45) is 0. The van der Waals surface area contributed by atoms with Gasteiger partial charge in [0.05, 0.1) is 0 Å². The summed E-state index contributed by atoms with van der Waals surface area (Å²) >= 11 is 5.79. The van der Waals surface area contributed by atoms with E-state index in [2.05, 4.69) is 9.05 Å². The Morgan fingerprint density at radius 2 is 1.81 bits per heavy atom. The highest BCUT2D eigenvalue weighted by Crippen LogP contribution is 2.59. The molecule has 0 unspecified atom stereocenters. The Bertz CT molecular complexity index is 299. The maximum atomic E-state index is 12.0. The highest BCUT2D eigenvalue weighted by molar-refractivity contribution is 7.55. The molecule has 0 radical (unpaired) electrons. The third-order valence-electron chi connectivity index (χ3n) is 2.17. The molecule has 0 fully saturated rings. The molecule has 0 aliphatic carbocycles. The van der Waals surface area contributed by atoms with Crippen LogP contribution in [0.1, 0.15) is 6.92 Å². The van der Waals surface area contributed by atoms with E-state index >= 15 is 0 Å². The van der Waals surface area contributed by atoms with Gasteiger partial charge in [0, 0.05) is 28.3 Å². The van der Waals surface area contributed by atoms with Crippen LogP contribution in [0.3, 0.4) is 0 Å². The van der Waals surface area contributed by atoms with Crippen LogP contribution in [0, 0.1) is 0 Å². The van der Waals surface area contributed by atoms with Gasteiger partial charge in [0.2, 0.25) is 5.91 Å². The van der Waals surface area contributed by atoms with E-state index in [1.165, 1.54) is 19.0 Å². The second-order valence-electron chi connectivity index (χ2n) is 3.55. The van der Waals surface area contributed by atoms with Crippen molar-refractivity contribution in [3.63, 3.8) is 0 Å². The van der Waals surface area contributed by atoms with Crippen LogP contribution in [0.4, 0.5) is 0 Å². The molecule has 1 N–H and O–H groups in total. The summed E-state index contributed by atoms with van der Waals surface area (Å²) in [5.74, 6) is -0.582. The first-order valence-electron chi connectivity index (χ1n) is 4.43. The van der Waals surface area contributed by atoms with Gasteiger partial charge in [-0.05, 0) is 6.92 Å². The molecule has 0 aromatic heterocycles. The lowest BCUT2D eigenvalue weighted by molar-refractivity contribution is -0.131. The normalized spacial score (nSPS) is 17.7. The van der Waals surface area contributed by atoms with Gasteiger partial charge in [0.1, 0.15) is 0 Å². The van der Waals surface area contributed by atoms with Crippen molar-refractivity contribution in [3.8, 4) is 0 Å². The molecule has 0 bridgehead atoms. The van der Waals surface area contributed by atoms with Crippen molar-refractivity contribution in [2.24, 2.45) is 0 Å². The van der Waals surface area contributed by atoms with Crippen molar-refractivity contribution in [2.45, 2.75) is 17.6 Å². The number of aliphatic hydroxyl groups is 1. The third-order valence-corrected chi connectivity index (χ3v) is 5.27. The topological polar surface area (TPSA) is 76.1 Å². The summed E-state index contributed by atoms with van der Waals surface area (Å²) in [4.78, 5) is 12.8. The number of amides is 1. The van der Waals surface area contributed by atoms with Gasteiger partial charge in [-0.1, -0.05) is 0 Å². The van der Waals surface area contributed by atoms with Crippen LogP contribution in [-0.4, -0.2) is 54.9 Å². The van der Waals surface area contributed by atoms with Crippen LogP contribution in [-0.2, 0) is 18.4 Å². The number of hydrogen-bond acceptors (Lipinski definition) is 5. The summed E-state index contributed by atoms with van der Waals surface area (Å²) in [6.45, 7) is 1.14. The predicted molar refractivity (Wildman–Crippen MR) is 60.6 cm³/mol. The molecule has 0 aliphatic heterocycles. The van der Waals surface area contributed by atoms with Crippen LogP contribution >= 0.6 is 19.2 Å². The van der Waals surface area contributed by atoms with Gasteiger partial charge in [-0.25, -0.2) is 0 Å². The SMILES string of the molecule is COP(=O)(OC)[C@](C)(O)[C@H](Cl)C(=O)N(C)C. The van der Waals surface area contributed by atoms with E-state index < -0.39 is 24.2 Å². The number of nitrogens with zero attached hydrogens (tertiary/aromatic N) is 1. The number of carbonyl (C=O) groups excluding carboxylic acids is 1. The minimum absolute atomic E-state index is 0.582. The molecule has 0 spiro atoms. The van der Waals surface area contributed by atoms with Crippen molar-refractivity contribution < 1.29 is 23.5 Å². The van der Waals surface area contributed by atoms with Gasteiger partial charge in [0.15, 0.2) is 10.7 Å². The Labute approximate surface area is 100 Å². The molecule has 1 amide bonds. The number of halogens is 1. The molecule has 0 saturated carbocycles. The van der Waals surface area contributed by atoms with Crippen molar-refractivity contribution in [3.05, 3.63) is 0 Å². The van der Waals surface area contributed by atoms with Crippen molar-refractivity contribution in [1.82, 2.24) is 4.90 Å². The summed E-state index contributed by atoms with van der Waals surface area (Å²) in [6, 6.07) is 0. The van der Waals surface area contributed by atoms with Gasteiger partial charge >= 0.3 is 7.60 Å². The first-order chi connectivity index (χ1) is 7.14. The smallest absolute Gasteiger partial charge is 0.363 e. The Morgan fingerprint density at radius 3 is 2.06 bits per heavy atom. The predicted octanol–water partition coefficient (Wildman–Crippen LogP) is 0.876. The van der Waals surface area contributed by atoms with Gasteiger partial charge < -0.3 is 19.1 Å². The summed E-state index contributed by atoms with van der Waals surface area (Å²) < 4.78 is 21.3. The molecule has 16 heavy (non-hydrogen) atoms. The van der Waals surface area contributed by atoms with E-state index in [0.717, 1.165) is 21.1 Å². The van der Waals surface area contributed by atoms with Crippen molar-refractivity contribution >= 4 is 25.1 Å². The monoisotopic (exact) mass is 273 g/mol. The average molecular weight is 274 g/mol. The highest BCUT2D eigenvalue weighted by Gasteiger charge is 2.53. The number of rotatable bonds is 5. The zero-order valence-corrected chi connectivity index (χ0v) is 11.6. The largest absolute Gasteiger partial charge is 0.376 e. The zero-order chi connectivity index (χ0) is 13.1. The standard InChI is InChI=1S/C8H17ClNO5P/c1-8(12,16(13,14-4)15-5)6(9)7(11)10(2)3/h6,12H,1-5H3/t6-,8+/m1/s1. The van der Waals surface area contributed by atoms with Gasteiger partial charge in [-0.15, -0.1) is 11.6 Å². The van der Waals surface area contributed by atoms with Crippen LogP contribution in [0.5, 0.6) is 0 Å². The first kappa shape index (κ1) is 15.9. The lowest BCUT2D eigenvalue weighted by Gasteiger charge is -2.33. The zero-order valence-electron chi connectivity index (χ0n) is 9.93. The molecular weight excluding hydrogens is 257 g/mol. The van der Waals surface area contributed by atoms with Crippen LogP contribution in [0.25, 0.3) is 0 Å². The fourth-order valence-corrected chi connectivity index (χ4v) is 2.87. The molecule has 0 rings (SSSR count). The fourth-order valence-electron chi connectivity index (χ4n) is 1.04. The molecule has 96 valence electrons. The number of hydrogen-bond donors (Lipinski definition) is 1. The lowest BCUT2D eigenvalue weighted by Crippen LogP contribution is -2.46. The Kier molecular flexibility index (Phi) is 5.42. The van der Waals surface area contributed by atoms with Crippen molar-refractivity contribution in [1.29, 1.82) is 0 Å². The van der Waals surface area contributed by atoms with E-state index in [1.54, 1.807) is 0 Å². The molecule has 0 aliphatic rings. The Hall–Kier alpha value is -0.130. The number of carbonyl (C=O) groups is 1. The van der Waals surface area contributed by atoms with Crippen LogP contribution in [0.15, 0.2) is 0 Å². The van der Waals surface area contributed by atoms with Crippen LogP contribution < -0.4 is 0 Å². The molecule has 0 saturated heterocycles. The molecule has 8 heteroatoms. The van der Waals surface area contributed by atoms with Gasteiger partial charge in [0.25, 0.3) is 0 Å². The van der Waals surface area contributed by atoms with Gasteiger partial charge in [-0.2, -0.15) is 0 Å². The Balaban J connectivity index is 5.19. The lowest BCUT2D eigenvalue weighted by atomic mass is 10.2. The quantitative estimate of drug-likeness (QED) is 0.594. The summed E-state index contributed by atoms with van der Waals surface area (Å²) in [7, 11) is 1.31. The minimum Gasteiger partial charge on any atom is -0.376 e. The summed E-state index contributed by atoms with van der Waals surface area (Å²) in [5, 5.41) is 6.51. The minimum atomic E-state index is -3.86.